The predicted molar refractivity (Wildman–Crippen MR) is 94.4 cm³/mol. The molecule has 0 unspecified atom stereocenters. The lowest BCUT2D eigenvalue weighted by atomic mass is 10.1. The summed E-state index contributed by atoms with van der Waals surface area (Å²) in [7, 11) is -1.16. The summed E-state index contributed by atoms with van der Waals surface area (Å²) < 4.78 is 17.4. The first kappa shape index (κ1) is 16.8. The van der Waals surface area contributed by atoms with Crippen LogP contribution in [-0.4, -0.2) is 27.9 Å². The van der Waals surface area contributed by atoms with Crippen LogP contribution in [0.25, 0.3) is 0 Å². The largest absolute Gasteiger partial charge is 0.467 e. The van der Waals surface area contributed by atoms with Gasteiger partial charge < -0.3 is 14.6 Å². The third-order valence-electron chi connectivity index (χ3n) is 4.32. The molecule has 5 nitrogen and oxygen atoms in total. The molecule has 0 radical (unpaired) electrons. The van der Waals surface area contributed by atoms with Gasteiger partial charge in [0.15, 0.2) is 0 Å². The highest BCUT2D eigenvalue weighted by Crippen LogP contribution is 2.31. The molecule has 0 bridgehead atoms. The normalized spacial score (nSPS) is 19.5. The van der Waals surface area contributed by atoms with E-state index >= 15 is 0 Å². The van der Waals surface area contributed by atoms with E-state index in [1.807, 2.05) is 29.2 Å². The quantitative estimate of drug-likeness (QED) is 0.907. The molecule has 1 saturated heterocycles. The van der Waals surface area contributed by atoms with Crippen LogP contribution in [0.15, 0.2) is 52.0 Å². The van der Waals surface area contributed by atoms with Gasteiger partial charge in [0, 0.05) is 12.8 Å². The van der Waals surface area contributed by atoms with Crippen molar-refractivity contribution in [2.24, 2.45) is 0 Å². The Morgan fingerprint density at radius 2 is 2.04 bits per heavy atom. The summed E-state index contributed by atoms with van der Waals surface area (Å²) in [4.78, 5) is 15.3. The van der Waals surface area contributed by atoms with E-state index < -0.39 is 10.8 Å². The molecule has 1 aliphatic rings. The van der Waals surface area contributed by atoms with Crippen molar-refractivity contribution in [3.05, 3.63) is 48.4 Å². The van der Waals surface area contributed by atoms with Crippen LogP contribution in [-0.2, 0) is 10.8 Å². The third-order valence-corrected chi connectivity index (χ3v) is 5.30. The van der Waals surface area contributed by atoms with Crippen molar-refractivity contribution in [3.8, 4) is 0 Å². The van der Waals surface area contributed by atoms with Crippen LogP contribution in [0.4, 0.5) is 10.5 Å². The van der Waals surface area contributed by atoms with Crippen LogP contribution in [0, 0.1) is 0 Å². The molecule has 24 heavy (non-hydrogen) atoms. The summed E-state index contributed by atoms with van der Waals surface area (Å²) >= 11 is 0. The molecular formula is C18H22N2O3S. The lowest BCUT2D eigenvalue weighted by molar-refractivity contribution is 0.179. The number of para-hydroxylation sites is 1. The lowest BCUT2D eigenvalue weighted by Gasteiger charge is -2.29. The second kappa shape index (κ2) is 7.66. The Kier molecular flexibility index (Phi) is 5.35. The Balaban J connectivity index is 1.83. The fourth-order valence-corrected chi connectivity index (χ4v) is 3.83. The standard InChI is InChI=1S/C18H22N2O3S/c1-24(22)17-11-5-4-8-14(17)19-18(21)20-12-6-2-3-9-15(20)16-10-7-13-23-16/h4-5,7-8,10-11,13,15H,2-3,6,9,12H2,1H3,(H,19,21)/t15-,24+/m0/s1. The van der Waals surface area contributed by atoms with Gasteiger partial charge >= 0.3 is 6.03 Å². The number of anilines is 1. The monoisotopic (exact) mass is 346 g/mol. The van der Waals surface area contributed by atoms with Gasteiger partial charge in [0.2, 0.25) is 0 Å². The number of nitrogens with one attached hydrogen (secondary N) is 1. The van der Waals surface area contributed by atoms with Gasteiger partial charge in [-0.3, -0.25) is 4.21 Å². The van der Waals surface area contributed by atoms with Gasteiger partial charge in [-0.05, 0) is 37.1 Å². The number of carbonyl (C=O) groups is 1. The Morgan fingerprint density at radius 1 is 1.21 bits per heavy atom. The van der Waals surface area contributed by atoms with Gasteiger partial charge in [-0.15, -0.1) is 0 Å². The van der Waals surface area contributed by atoms with Crippen LogP contribution in [0.5, 0.6) is 0 Å². The molecule has 2 aromatic rings. The van der Waals surface area contributed by atoms with E-state index in [-0.39, 0.29) is 12.1 Å². The Hall–Kier alpha value is -2.08. The number of likely N-dealkylation sites (tertiary alicyclic amines) is 1. The maximum absolute atomic E-state index is 12.9. The minimum absolute atomic E-state index is 0.0539. The zero-order chi connectivity index (χ0) is 16.9. The minimum atomic E-state index is -1.16. The second-order valence-electron chi connectivity index (χ2n) is 5.95. The summed E-state index contributed by atoms with van der Waals surface area (Å²) in [5.74, 6) is 0.819. The number of urea groups is 1. The molecule has 2 atom stereocenters. The van der Waals surface area contributed by atoms with E-state index in [0.717, 1.165) is 31.4 Å². The summed E-state index contributed by atoms with van der Waals surface area (Å²) in [5.41, 5.74) is 0.603. The van der Waals surface area contributed by atoms with Gasteiger partial charge in [0.05, 0.1) is 33.7 Å². The lowest BCUT2D eigenvalue weighted by Crippen LogP contribution is -2.38. The highest BCUT2D eigenvalue weighted by molar-refractivity contribution is 7.84. The molecule has 1 aromatic carbocycles. The molecule has 1 N–H and O–H groups in total. The maximum Gasteiger partial charge on any atom is 0.322 e. The third kappa shape index (κ3) is 3.70. The number of carbonyl (C=O) groups excluding carboxylic acids is 1. The van der Waals surface area contributed by atoms with Crippen molar-refractivity contribution in [1.29, 1.82) is 0 Å². The first-order chi connectivity index (χ1) is 11.7. The average Bonchev–Trinajstić information content (AvgIpc) is 2.99. The van der Waals surface area contributed by atoms with Crippen molar-refractivity contribution < 1.29 is 13.4 Å². The fourth-order valence-electron chi connectivity index (χ4n) is 3.14. The highest BCUT2D eigenvalue weighted by Gasteiger charge is 2.29. The van der Waals surface area contributed by atoms with Crippen LogP contribution in [0.3, 0.4) is 0 Å². The Bertz CT molecular complexity index is 715. The maximum atomic E-state index is 12.9. The number of hydrogen-bond acceptors (Lipinski definition) is 3. The SMILES string of the molecule is C[S@@](=O)c1ccccc1NC(=O)N1CCCCC[C@H]1c1ccco1. The van der Waals surface area contributed by atoms with E-state index in [2.05, 4.69) is 5.32 Å². The van der Waals surface area contributed by atoms with Gasteiger partial charge in [0.1, 0.15) is 5.76 Å². The zero-order valence-corrected chi connectivity index (χ0v) is 14.6. The van der Waals surface area contributed by atoms with E-state index in [4.69, 9.17) is 4.42 Å². The van der Waals surface area contributed by atoms with E-state index in [0.29, 0.717) is 17.1 Å². The molecule has 6 heteroatoms. The molecule has 3 rings (SSSR count). The minimum Gasteiger partial charge on any atom is -0.467 e. The number of benzene rings is 1. The first-order valence-corrected chi connectivity index (χ1v) is 9.76. The van der Waals surface area contributed by atoms with Gasteiger partial charge in [-0.25, -0.2) is 4.79 Å². The highest BCUT2D eigenvalue weighted by atomic mass is 32.2. The molecule has 1 fully saturated rings. The molecule has 0 spiro atoms. The number of hydrogen-bond donors (Lipinski definition) is 1. The molecule has 0 saturated carbocycles. The number of nitrogens with zero attached hydrogens (tertiary/aromatic N) is 1. The number of amides is 2. The van der Waals surface area contributed by atoms with Gasteiger partial charge in [-0.2, -0.15) is 0 Å². The fraction of sp³-hybridized carbons (Fsp3) is 0.389. The number of furan rings is 1. The van der Waals surface area contributed by atoms with E-state index in [1.165, 1.54) is 0 Å². The number of rotatable bonds is 3. The Labute approximate surface area is 144 Å². The molecule has 128 valence electrons. The van der Waals surface area contributed by atoms with Gasteiger partial charge in [0.25, 0.3) is 0 Å². The molecule has 1 aliphatic heterocycles. The molecule has 1 aromatic heterocycles. The first-order valence-electron chi connectivity index (χ1n) is 8.20. The van der Waals surface area contributed by atoms with E-state index in [1.54, 1.807) is 24.7 Å². The van der Waals surface area contributed by atoms with Crippen molar-refractivity contribution in [1.82, 2.24) is 4.90 Å². The summed E-state index contributed by atoms with van der Waals surface area (Å²) in [6, 6.07) is 10.8. The second-order valence-corrected chi connectivity index (χ2v) is 7.30. The van der Waals surface area contributed by atoms with Crippen LogP contribution >= 0.6 is 0 Å². The summed E-state index contributed by atoms with van der Waals surface area (Å²) in [5, 5.41) is 2.93. The zero-order valence-electron chi connectivity index (χ0n) is 13.7. The molecule has 2 amide bonds. The smallest absolute Gasteiger partial charge is 0.322 e. The average molecular weight is 346 g/mol. The van der Waals surface area contributed by atoms with Crippen LogP contribution in [0.1, 0.15) is 37.5 Å². The molecule has 2 heterocycles. The summed E-state index contributed by atoms with van der Waals surface area (Å²) in [6.07, 6.45) is 7.31. The molecule has 0 aliphatic carbocycles. The van der Waals surface area contributed by atoms with E-state index in [9.17, 15) is 9.00 Å². The van der Waals surface area contributed by atoms with Crippen molar-refractivity contribution in [2.45, 2.75) is 36.6 Å². The van der Waals surface area contributed by atoms with Crippen molar-refractivity contribution in [2.75, 3.05) is 18.1 Å². The molecular weight excluding hydrogens is 324 g/mol. The van der Waals surface area contributed by atoms with Gasteiger partial charge in [-0.1, -0.05) is 25.0 Å². The van der Waals surface area contributed by atoms with Crippen LogP contribution in [0.2, 0.25) is 0 Å². The predicted octanol–water partition coefficient (Wildman–Crippen LogP) is 4.17. The Morgan fingerprint density at radius 3 is 2.79 bits per heavy atom. The van der Waals surface area contributed by atoms with Crippen molar-refractivity contribution >= 4 is 22.5 Å². The van der Waals surface area contributed by atoms with Crippen LogP contribution < -0.4 is 5.32 Å². The topological polar surface area (TPSA) is 62.6 Å². The van der Waals surface area contributed by atoms with Crippen molar-refractivity contribution in [3.63, 3.8) is 0 Å². The summed E-state index contributed by atoms with van der Waals surface area (Å²) in [6.45, 7) is 0.689.